The first-order chi connectivity index (χ1) is 10.9. The SMILES string of the molecule is Cc1cc(OCC(F)(F)F)cc(C)c1C1=C(O)C(C)(C)CCC1=O. The topological polar surface area (TPSA) is 46.5 Å². The Hall–Kier alpha value is -1.98. The molecule has 1 N–H and O–H groups in total. The van der Waals surface area contributed by atoms with Crippen molar-refractivity contribution in [1.29, 1.82) is 0 Å². The molecular weight excluding hydrogens is 321 g/mol. The average molecular weight is 342 g/mol. The van der Waals surface area contributed by atoms with Crippen molar-refractivity contribution in [3.8, 4) is 5.75 Å². The molecule has 0 spiro atoms. The van der Waals surface area contributed by atoms with Crippen molar-refractivity contribution < 1.29 is 27.8 Å². The lowest BCUT2D eigenvalue weighted by molar-refractivity contribution is -0.153. The highest BCUT2D eigenvalue weighted by Crippen LogP contribution is 2.42. The second kappa shape index (κ2) is 6.15. The smallest absolute Gasteiger partial charge is 0.422 e. The minimum absolute atomic E-state index is 0.0360. The van der Waals surface area contributed by atoms with Crippen molar-refractivity contribution in [2.24, 2.45) is 5.41 Å². The van der Waals surface area contributed by atoms with Crippen LogP contribution < -0.4 is 4.74 Å². The van der Waals surface area contributed by atoms with Crippen LogP contribution in [0.25, 0.3) is 5.57 Å². The molecule has 0 aromatic heterocycles. The number of halogens is 3. The standard InChI is InChI=1S/C18H21F3O3/c1-10-7-12(24-9-18(19,20)21)8-11(2)14(10)15-13(22)5-6-17(3,4)16(15)23/h7-8,23H,5-6,9H2,1-4H3. The lowest BCUT2D eigenvalue weighted by Crippen LogP contribution is -2.26. The summed E-state index contributed by atoms with van der Waals surface area (Å²) in [5, 5.41) is 10.5. The van der Waals surface area contributed by atoms with Crippen LogP contribution in [0.15, 0.2) is 17.9 Å². The third kappa shape index (κ3) is 3.74. The number of hydrogen-bond acceptors (Lipinski definition) is 3. The molecule has 0 saturated heterocycles. The van der Waals surface area contributed by atoms with Crippen molar-refractivity contribution in [1.82, 2.24) is 0 Å². The Bertz CT molecular complexity index is 677. The van der Waals surface area contributed by atoms with E-state index in [9.17, 15) is 23.1 Å². The largest absolute Gasteiger partial charge is 0.511 e. The molecule has 0 bridgehead atoms. The lowest BCUT2D eigenvalue weighted by atomic mass is 9.74. The van der Waals surface area contributed by atoms with Crippen LogP contribution in [0.4, 0.5) is 13.2 Å². The molecule has 0 unspecified atom stereocenters. The number of Topliss-reactive ketones (excluding diaryl/α,β-unsaturated/α-hetero) is 1. The number of aliphatic hydroxyl groups excluding tert-OH is 1. The van der Waals surface area contributed by atoms with Gasteiger partial charge in [0.25, 0.3) is 0 Å². The predicted molar refractivity (Wildman–Crippen MR) is 85.0 cm³/mol. The van der Waals surface area contributed by atoms with Gasteiger partial charge < -0.3 is 9.84 Å². The average Bonchev–Trinajstić information content (AvgIpc) is 2.43. The van der Waals surface area contributed by atoms with Crippen LogP contribution in [0.1, 0.15) is 43.4 Å². The molecule has 132 valence electrons. The fraction of sp³-hybridized carbons (Fsp3) is 0.500. The zero-order chi connectivity index (χ0) is 18.3. The third-order valence-corrected chi connectivity index (χ3v) is 4.29. The molecule has 0 aliphatic heterocycles. The summed E-state index contributed by atoms with van der Waals surface area (Å²) in [6.07, 6.45) is -3.52. The highest BCUT2D eigenvalue weighted by molar-refractivity contribution is 6.22. The normalized spacial score (nSPS) is 18.0. The van der Waals surface area contributed by atoms with Crippen LogP contribution in [0, 0.1) is 19.3 Å². The summed E-state index contributed by atoms with van der Waals surface area (Å²) < 4.78 is 41.7. The molecule has 1 aliphatic carbocycles. The molecule has 24 heavy (non-hydrogen) atoms. The van der Waals surface area contributed by atoms with Crippen molar-refractivity contribution in [3.05, 3.63) is 34.6 Å². The first kappa shape index (κ1) is 18.4. The lowest BCUT2D eigenvalue weighted by Gasteiger charge is -2.31. The summed E-state index contributed by atoms with van der Waals surface area (Å²) in [6, 6.07) is 2.92. The molecule has 0 atom stereocenters. The van der Waals surface area contributed by atoms with Crippen molar-refractivity contribution >= 4 is 11.4 Å². The minimum Gasteiger partial charge on any atom is -0.511 e. The van der Waals surface area contributed by atoms with E-state index in [4.69, 9.17) is 4.74 Å². The van der Waals surface area contributed by atoms with Gasteiger partial charge in [-0.05, 0) is 49.1 Å². The van der Waals surface area contributed by atoms with Gasteiger partial charge in [0.1, 0.15) is 11.5 Å². The highest BCUT2D eigenvalue weighted by atomic mass is 19.4. The number of carbonyl (C=O) groups excluding carboxylic acids is 1. The Kier molecular flexibility index (Phi) is 4.70. The molecule has 0 heterocycles. The maximum atomic E-state index is 12.3. The van der Waals surface area contributed by atoms with Crippen LogP contribution in [0.3, 0.4) is 0 Å². The Morgan fingerprint density at radius 2 is 1.75 bits per heavy atom. The van der Waals surface area contributed by atoms with E-state index in [0.717, 1.165) is 0 Å². The van der Waals surface area contributed by atoms with Gasteiger partial charge in [0, 0.05) is 11.8 Å². The molecule has 1 aromatic carbocycles. The fourth-order valence-corrected chi connectivity index (χ4v) is 2.96. The molecule has 3 nitrogen and oxygen atoms in total. The number of carbonyl (C=O) groups is 1. The fourth-order valence-electron chi connectivity index (χ4n) is 2.96. The molecular formula is C18H21F3O3. The van der Waals surface area contributed by atoms with Gasteiger partial charge in [-0.1, -0.05) is 13.8 Å². The highest BCUT2D eigenvalue weighted by Gasteiger charge is 2.36. The second-order valence-electron chi connectivity index (χ2n) is 6.87. The van der Waals surface area contributed by atoms with Gasteiger partial charge in [0.2, 0.25) is 0 Å². The third-order valence-electron chi connectivity index (χ3n) is 4.29. The minimum atomic E-state index is -4.41. The van der Waals surface area contributed by atoms with Crippen LogP contribution in [-0.2, 0) is 4.79 Å². The van der Waals surface area contributed by atoms with Gasteiger partial charge in [-0.3, -0.25) is 4.79 Å². The molecule has 6 heteroatoms. The van der Waals surface area contributed by atoms with Crippen LogP contribution >= 0.6 is 0 Å². The Morgan fingerprint density at radius 1 is 1.21 bits per heavy atom. The van der Waals surface area contributed by atoms with E-state index in [1.807, 2.05) is 13.8 Å². The summed E-state index contributed by atoms with van der Waals surface area (Å²) >= 11 is 0. The number of benzene rings is 1. The van der Waals surface area contributed by atoms with Gasteiger partial charge in [0.05, 0.1) is 5.57 Å². The van der Waals surface area contributed by atoms with E-state index in [-0.39, 0.29) is 22.9 Å². The van der Waals surface area contributed by atoms with Crippen molar-refractivity contribution in [2.75, 3.05) is 6.61 Å². The first-order valence-electron chi connectivity index (χ1n) is 7.70. The number of allylic oxidation sites excluding steroid dienone is 2. The summed E-state index contributed by atoms with van der Waals surface area (Å²) in [7, 11) is 0. The molecule has 0 amide bonds. The Labute approximate surface area is 139 Å². The van der Waals surface area contributed by atoms with E-state index >= 15 is 0 Å². The summed E-state index contributed by atoms with van der Waals surface area (Å²) in [4.78, 5) is 12.3. The maximum Gasteiger partial charge on any atom is 0.422 e. The number of ketones is 1. The van der Waals surface area contributed by atoms with E-state index in [2.05, 4.69) is 0 Å². The molecule has 0 fully saturated rings. The van der Waals surface area contributed by atoms with Gasteiger partial charge in [-0.15, -0.1) is 0 Å². The number of alkyl halides is 3. The zero-order valence-electron chi connectivity index (χ0n) is 14.2. The maximum absolute atomic E-state index is 12.3. The number of ether oxygens (including phenoxy) is 1. The molecule has 2 rings (SSSR count). The van der Waals surface area contributed by atoms with Gasteiger partial charge >= 0.3 is 6.18 Å². The van der Waals surface area contributed by atoms with E-state index in [0.29, 0.717) is 29.5 Å². The molecule has 1 aliphatic rings. The van der Waals surface area contributed by atoms with Gasteiger partial charge in [0.15, 0.2) is 12.4 Å². The molecule has 0 radical (unpaired) electrons. The number of hydrogen-bond donors (Lipinski definition) is 1. The van der Waals surface area contributed by atoms with Crippen LogP contribution in [-0.4, -0.2) is 23.7 Å². The van der Waals surface area contributed by atoms with Crippen molar-refractivity contribution in [2.45, 2.75) is 46.7 Å². The van der Waals surface area contributed by atoms with Crippen LogP contribution in [0.2, 0.25) is 0 Å². The molecule has 0 saturated carbocycles. The van der Waals surface area contributed by atoms with Crippen LogP contribution in [0.5, 0.6) is 5.75 Å². The quantitative estimate of drug-likeness (QED) is 0.849. The van der Waals surface area contributed by atoms with E-state index in [1.165, 1.54) is 12.1 Å². The number of aryl methyl sites for hydroxylation is 2. The molecule has 1 aromatic rings. The summed E-state index contributed by atoms with van der Waals surface area (Å²) in [6.45, 7) is 5.74. The summed E-state index contributed by atoms with van der Waals surface area (Å²) in [5.74, 6) is -0.0235. The van der Waals surface area contributed by atoms with Gasteiger partial charge in [-0.2, -0.15) is 13.2 Å². The second-order valence-corrected chi connectivity index (χ2v) is 6.87. The monoisotopic (exact) mass is 342 g/mol. The van der Waals surface area contributed by atoms with E-state index < -0.39 is 18.2 Å². The Balaban J connectivity index is 2.47. The summed E-state index contributed by atoms with van der Waals surface area (Å²) in [5.41, 5.74) is 1.53. The zero-order valence-corrected chi connectivity index (χ0v) is 14.2. The van der Waals surface area contributed by atoms with E-state index in [1.54, 1.807) is 13.8 Å². The van der Waals surface area contributed by atoms with Crippen molar-refractivity contribution in [3.63, 3.8) is 0 Å². The number of aliphatic hydroxyl groups is 1. The first-order valence-corrected chi connectivity index (χ1v) is 7.70. The predicted octanol–water partition coefficient (Wildman–Crippen LogP) is 4.90. The Morgan fingerprint density at radius 3 is 2.25 bits per heavy atom. The number of rotatable bonds is 3. The van der Waals surface area contributed by atoms with Gasteiger partial charge in [-0.25, -0.2) is 0 Å².